The van der Waals surface area contributed by atoms with E-state index in [4.69, 9.17) is 10.3 Å². The van der Waals surface area contributed by atoms with Crippen LogP contribution in [-0.2, 0) is 6.61 Å². The number of rotatable bonds is 5. The molecule has 0 amide bonds. The number of para-hydroxylation sites is 1. The van der Waals surface area contributed by atoms with Crippen LogP contribution in [0.15, 0.2) is 54.6 Å². The molecule has 0 aliphatic heterocycles. The lowest BCUT2D eigenvalue weighted by molar-refractivity contribution is 0.00231. The predicted molar refractivity (Wildman–Crippen MR) is 71.2 cm³/mol. The Morgan fingerprint density at radius 2 is 1.79 bits per heavy atom. The number of ketones is 1. The fraction of sp³-hybridized carbons (Fsp3) is 0.0667. The van der Waals surface area contributed by atoms with Gasteiger partial charge in [0.15, 0.2) is 0 Å². The van der Waals surface area contributed by atoms with Crippen LogP contribution in [0.25, 0.3) is 5.53 Å². The van der Waals surface area contributed by atoms with Crippen molar-refractivity contribution in [3.8, 4) is 5.75 Å². The van der Waals surface area contributed by atoms with Gasteiger partial charge in [-0.3, -0.25) is 4.79 Å². The first kappa shape index (κ1) is 12.7. The number of nitrogens with zero attached hydrogens (tertiary/aromatic N) is 2. The number of hydrogen-bond acceptors (Lipinski definition) is 2. The molecule has 0 bridgehead atoms. The van der Waals surface area contributed by atoms with Gasteiger partial charge in [-0.05, 0) is 17.7 Å². The molecule has 2 aromatic rings. The van der Waals surface area contributed by atoms with Crippen molar-refractivity contribution in [2.24, 2.45) is 0 Å². The molecule has 2 rings (SSSR count). The van der Waals surface area contributed by atoms with Crippen molar-refractivity contribution in [2.45, 2.75) is 6.61 Å². The Bertz CT molecular complexity index is 617. The molecule has 0 spiro atoms. The highest BCUT2D eigenvalue weighted by Gasteiger charge is 2.13. The van der Waals surface area contributed by atoms with Crippen LogP contribution in [0.2, 0.25) is 0 Å². The third-order valence-corrected chi connectivity index (χ3v) is 2.56. The third-order valence-electron chi connectivity index (χ3n) is 2.56. The van der Waals surface area contributed by atoms with Crippen LogP contribution in [0.5, 0.6) is 5.75 Å². The predicted octanol–water partition coefficient (Wildman–Crippen LogP) is 2.75. The normalized spacial score (nSPS) is 9.47. The van der Waals surface area contributed by atoms with E-state index in [1.165, 1.54) is 0 Å². The minimum atomic E-state index is -0.397. The van der Waals surface area contributed by atoms with Crippen LogP contribution in [0.4, 0.5) is 0 Å². The zero-order valence-electron chi connectivity index (χ0n) is 10.2. The SMILES string of the molecule is [N-]=[N+]=CC(=O)c1ccccc1OCc1ccccc1. The van der Waals surface area contributed by atoms with Gasteiger partial charge >= 0.3 is 6.21 Å². The maximum atomic E-state index is 11.7. The molecule has 0 aliphatic carbocycles. The molecule has 0 atom stereocenters. The van der Waals surface area contributed by atoms with E-state index in [1.54, 1.807) is 24.3 Å². The Labute approximate surface area is 110 Å². The Morgan fingerprint density at radius 1 is 1.11 bits per heavy atom. The van der Waals surface area contributed by atoms with Crippen molar-refractivity contribution in [1.82, 2.24) is 0 Å². The smallest absolute Gasteiger partial charge is 0.328 e. The highest BCUT2D eigenvalue weighted by Crippen LogP contribution is 2.19. The van der Waals surface area contributed by atoms with Crippen molar-refractivity contribution in [2.75, 3.05) is 0 Å². The maximum absolute atomic E-state index is 11.7. The van der Waals surface area contributed by atoms with Crippen LogP contribution in [0.3, 0.4) is 0 Å². The van der Waals surface area contributed by atoms with Gasteiger partial charge in [-0.15, -0.1) is 0 Å². The van der Waals surface area contributed by atoms with E-state index in [2.05, 4.69) is 4.79 Å². The second-order valence-electron chi connectivity index (χ2n) is 3.88. The molecule has 19 heavy (non-hydrogen) atoms. The summed E-state index contributed by atoms with van der Waals surface area (Å²) >= 11 is 0. The average molecular weight is 252 g/mol. The van der Waals surface area contributed by atoms with Crippen molar-refractivity contribution in [3.05, 3.63) is 71.3 Å². The Balaban J connectivity index is 2.16. The minimum absolute atomic E-state index is 0.372. The largest absolute Gasteiger partial charge is 0.488 e. The number of benzene rings is 2. The summed E-state index contributed by atoms with van der Waals surface area (Å²) in [6.45, 7) is 0.376. The highest BCUT2D eigenvalue weighted by molar-refractivity contribution is 6.34. The molecule has 0 aliphatic rings. The second kappa shape index (κ2) is 6.28. The van der Waals surface area contributed by atoms with Gasteiger partial charge in [0.25, 0.3) is 5.78 Å². The van der Waals surface area contributed by atoms with Gasteiger partial charge in [0.1, 0.15) is 12.4 Å². The molecule has 4 heteroatoms. The van der Waals surface area contributed by atoms with Gasteiger partial charge in [-0.2, -0.15) is 4.79 Å². The van der Waals surface area contributed by atoms with Gasteiger partial charge in [0, 0.05) is 0 Å². The molecule has 4 nitrogen and oxygen atoms in total. The first-order chi connectivity index (χ1) is 9.31. The molecule has 0 N–H and O–H groups in total. The van der Waals surface area contributed by atoms with Crippen molar-refractivity contribution < 1.29 is 14.3 Å². The summed E-state index contributed by atoms with van der Waals surface area (Å²) in [5, 5.41) is 0. The van der Waals surface area contributed by atoms with Crippen molar-refractivity contribution >= 4 is 12.0 Å². The molecule has 0 unspecified atom stereocenters. The number of carbonyl (C=O) groups excluding carboxylic acids is 1. The monoisotopic (exact) mass is 252 g/mol. The lowest BCUT2D eigenvalue weighted by Crippen LogP contribution is -2.05. The molecule has 0 radical (unpaired) electrons. The number of Topliss-reactive ketones (excluding diaryl/α,β-unsaturated/α-hetero) is 1. The van der Waals surface area contributed by atoms with Gasteiger partial charge in [-0.1, -0.05) is 42.5 Å². The second-order valence-corrected chi connectivity index (χ2v) is 3.88. The van der Waals surface area contributed by atoms with E-state index >= 15 is 0 Å². The van der Waals surface area contributed by atoms with Crippen LogP contribution in [0.1, 0.15) is 15.9 Å². The number of ether oxygens (including phenoxy) is 1. The topological polar surface area (TPSA) is 62.7 Å². The summed E-state index contributed by atoms with van der Waals surface area (Å²) in [5.41, 5.74) is 9.79. The fourth-order valence-electron chi connectivity index (χ4n) is 1.65. The van der Waals surface area contributed by atoms with Gasteiger partial charge in [0.2, 0.25) is 0 Å². The van der Waals surface area contributed by atoms with E-state index in [0.29, 0.717) is 17.9 Å². The van der Waals surface area contributed by atoms with E-state index in [9.17, 15) is 4.79 Å². The average Bonchev–Trinajstić information content (AvgIpc) is 2.47. The molecule has 0 fully saturated rings. The summed E-state index contributed by atoms with van der Waals surface area (Å²) < 4.78 is 5.63. The molecule has 0 saturated carbocycles. The highest BCUT2D eigenvalue weighted by atomic mass is 16.5. The summed E-state index contributed by atoms with van der Waals surface area (Å²) in [6, 6.07) is 16.5. The molecule has 0 aromatic heterocycles. The quantitative estimate of drug-likeness (QED) is 0.355. The molecular formula is C15H12N2O2. The van der Waals surface area contributed by atoms with Crippen LogP contribution < -0.4 is 4.74 Å². The number of carbonyl (C=O) groups is 1. The lowest BCUT2D eigenvalue weighted by atomic mass is 10.1. The van der Waals surface area contributed by atoms with E-state index < -0.39 is 5.78 Å². The Morgan fingerprint density at radius 3 is 2.53 bits per heavy atom. The number of hydrogen-bond donors (Lipinski definition) is 0. The fourth-order valence-corrected chi connectivity index (χ4v) is 1.65. The summed E-state index contributed by atoms with van der Waals surface area (Å²) in [7, 11) is 0. The molecule has 0 heterocycles. The Hall–Kier alpha value is -2.71. The maximum Gasteiger partial charge on any atom is 0.328 e. The Kier molecular flexibility index (Phi) is 4.21. The molecule has 94 valence electrons. The van der Waals surface area contributed by atoms with E-state index in [-0.39, 0.29) is 0 Å². The molecule has 2 aromatic carbocycles. The third kappa shape index (κ3) is 3.37. The van der Waals surface area contributed by atoms with E-state index in [0.717, 1.165) is 11.8 Å². The van der Waals surface area contributed by atoms with E-state index in [1.807, 2.05) is 30.3 Å². The summed E-state index contributed by atoms with van der Waals surface area (Å²) in [4.78, 5) is 14.4. The minimum Gasteiger partial charge on any atom is -0.488 e. The van der Waals surface area contributed by atoms with Crippen molar-refractivity contribution in [3.63, 3.8) is 0 Å². The van der Waals surface area contributed by atoms with Crippen molar-refractivity contribution in [1.29, 1.82) is 0 Å². The lowest BCUT2D eigenvalue weighted by Gasteiger charge is -2.08. The summed E-state index contributed by atoms with van der Waals surface area (Å²) in [5.74, 6) is 0.0717. The first-order valence-corrected chi connectivity index (χ1v) is 5.79. The molecular weight excluding hydrogens is 240 g/mol. The van der Waals surface area contributed by atoms with Gasteiger partial charge in [-0.25, -0.2) is 0 Å². The summed E-state index contributed by atoms with van der Waals surface area (Å²) in [6.07, 6.45) is 0.852. The van der Waals surface area contributed by atoms with Crippen LogP contribution >= 0.6 is 0 Å². The zero-order chi connectivity index (χ0) is 13.5. The van der Waals surface area contributed by atoms with Gasteiger partial charge in [0.05, 0.1) is 5.56 Å². The first-order valence-electron chi connectivity index (χ1n) is 5.79. The molecule has 0 saturated heterocycles. The van der Waals surface area contributed by atoms with Gasteiger partial charge < -0.3 is 10.3 Å². The standard InChI is InChI=1S/C15H12N2O2/c16-17-10-14(18)13-8-4-5-9-15(13)19-11-12-6-2-1-3-7-12/h1-10H,11H2. The van der Waals surface area contributed by atoms with Crippen LogP contribution in [0, 0.1) is 0 Å². The zero-order valence-corrected chi connectivity index (χ0v) is 10.2. The van der Waals surface area contributed by atoms with Crippen LogP contribution in [-0.4, -0.2) is 16.8 Å².